The minimum Gasteiger partial charge on any atom is -0.347 e. The molecular formula is C28H31N. The fourth-order valence-electron chi connectivity index (χ4n) is 6.17. The molecule has 1 nitrogen and oxygen atoms in total. The van der Waals surface area contributed by atoms with Gasteiger partial charge in [0.25, 0.3) is 0 Å². The van der Waals surface area contributed by atoms with E-state index in [2.05, 4.69) is 78.3 Å². The first kappa shape index (κ1) is 18.5. The predicted octanol–water partition coefficient (Wildman–Crippen LogP) is 7.71. The lowest BCUT2D eigenvalue weighted by molar-refractivity contribution is 0.425. The third kappa shape index (κ3) is 2.67. The minimum atomic E-state index is 0.395. The summed E-state index contributed by atoms with van der Waals surface area (Å²) in [5.74, 6) is 0.514. The SMILES string of the molecule is CC.Cn1c2c(c3ccccc31)C1(CCCC1)CC2c1ccc2ccccc2c1. The van der Waals surface area contributed by atoms with Gasteiger partial charge in [0.05, 0.1) is 0 Å². The van der Waals surface area contributed by atoms with Gasteiger partial charge in [0, 0.05) is 29.6 Å². The van der Waals surface area contributed by atoms with Crippen molar-refractivity contribution in [2.45, 2.75) is 57.3 Å². The molecular weight excluding hydrogens is 350 g/mol. The molecule has 0 bridgehead atoms. The van der Waals surface area contributed by atoms with Crippen molar-refractivity contribution in [3.63, 3.8) is 0 Å². The number of benzene rings is 3. The Kier molecular flexibility index (Phi) is 4.50. The first-order valence-corrected chi connectivity index (χ1v) is 11.3. The van der Waals surface area contributed by atoms with Crippen LogP contribution in [-0.2, 0) is 12.5 Å². The number of hydrogen-bond acceptors (Lipinski definition) is 0. The summed E-state index contributed by atoms with van der Waals surface area (Å²) in [5.41, 5.74) is 6.54. The molecule has 0 saturated heterocycles. The number of rotatable bonds is 1. The van der Waals surface area contributed by atoms with E-state index in [1.54, 1.807) is 11.3 Å². The second-order valence-electron chi connectivity index (χ2n) is 8.69. The van der Waals surface area contributed by atoms with Crippen LogP contribution in [0.4, 0.5) is 0 Å². The van der Waals surface area contributed by atoms with Crippen LogP contribution >= 0.6 is 0 Å². The molecule has 0 N–H and O–H groups in total. The Labute approximate surface area is 174 Å². The van der Waals surface area contributed by atoms with E-state index in [4.69, 9.17) is 0 Å². The molecule has 3 aromatic carbocycles. The van der Waals surface area contributed by atoms with Crippen LogP contribution in [0.2, 0.25) is 0 Å². The maximum absolute atomic E-state index is 2.50. The van der Waals surface area contributed by atoms with Gasteiger partial charge in [-0.15, -0.1) is 0 Å². The van der Waals surface area contributed by atoms with Crippen molar-refractivity contribution in [3.8, 4) is 0 Å². The summed E-state index contributed by atoms with van der Waals surface area (Å²) in [4.78, 5) is 0. The molecule has 148 valence electrons. The second-order valence-corrected chi connectivity index (χ2v) is 8.69. The summed E-state index contributed by atoms with van der Waals surface area (Å²) < 4.78 is 2.50. The minimum absolute atomic E-state index is 0.395. The second kappa shape index (κ2) is 7.06. The highest BCUT2D eigenvalue weighted by atomic mass is 15.0. The monoisotopic (exact) mass is 381 g/mol. The van der Waals surface area contributed by atoms with Gasteiger partial charge in [-0.05, 0) is 52.6 Å². The van der Waals surface area contributed by atoms with Crippen molar-refractivity contribution < 1.29 is 0 Å². The van der Waals surface area contributed by atoms with Crippen molar-refractivity contribution in [3.05, 3.63) is 83.6 Å². The van der Waals surface area contributed by atoms with Gasteiger partial charge in [-0.1, -0.05) is 87.4 Å². The summed E-state index contributed by atoms with van der Waals surface area (Å²) in [5, 5.41) is 4.20. The molecule has 1 heterocycles. The number of para-hydroxylation sites is 1. The van der Waals surface area contributed by atoms with Gasteiger partial charge >= 0.3 is 0 Å². The van der Waals surface area contributed by atoms with E-state index in [-0.39, 0.29) is 0 Å². The molecule has 0 amide bonds. The summed E-state index contributed by atoms with van der Waals surface area (Å²) in [6.07, 6.45) is 6.77. The molecule has 2 aliphatic carbocycles. The van der Waals surface area contributed by atoms with Crippen LogP contribution in [0.5, 0.6) is 0 Å². The first-order chi connectivity index (χ1) is 14.3. The van der Waals surface area contributed by atoms with Crippen LogP contribution in [0.1, 0.15) is 68.7 Å². The fourth-order valence-corrected chi connectivity index (χ4v) is 6.17. The molecule has 1 heteroatoms. The van der Waals surface area contributed by atoms with Crippen LogP contribution in [0.3, 0.4) is 0 Å². The number of nitrogens with zero attached hydrogens (tertiary/aromatic N) is 1. The Morgan fingerprint density at radius 1 is 0.828 bits per heavy atom. The molecule has 4 aromatic rings. The van der Waals surface area contributed by atoms with E-state index in [0.29, 0.717) is 11.3 Å². The van der Waals surface area contributed by atoms with Gasteiger partial charge in [0.1, 0.15) is 0 Å². The molecule has 1 saturated carbocycles. The van der Waals surface area contributed by atoms with E-state index >= 15 is 0 Å². The summed E-state index contributed by atoms with van der Waals surface area (Å²) >= 11 is 0. The Bertz CT molecular complexity index is 1170. The molecule has 1 fully saturated rings. The fraction of sp³-hybridized carbons (Fsp3) is 0.357. The molecule has 1 atom stereocenters. The first-order valence-electron chi connectivity index (χ1n) is 11.3. The van der Waals surface area contributed by atoms with Crippen molar-refractivity contribution in [1.29, 1.82) is 0 Å². The average Bonchev–Trinajstić information content (AvgIpc) is 3.46. The number of fused-ring (bicyclic) bond motifs is 5. The normalized spacial score (nSPS) is 19.5. The Hall–Kier alpha value is -2.54. The maximum Gasteiger partial charge on any atom is 0.0483 e. The Balaban J connectivity index is 0.000000882. The molecule has 1 unspecified atom stereocenters. The highest BCUT2D eigenvalue weighted by Crippen LogP contribution is 2.59. The van der Waals surface area contributed by atoms with Gasteiger partial charge in [-0.2, -0.15) is 0 Å². The van der Waals surface area contributed by atoms with Crippen LogP contribution in [0.15, 0.2) is 66.7 Å². The highest BCUT2D eigenvalue weighted by Gasteiger charge is 2.48. The van der Waals surface area contributed by atoms with E-state index < -0.39 is 0 Å². The largest absolute Gasteiger partial charge is 0.347 e. The smallest absolute Gasteiger partial charge is 0.0483 e. The zero-order chi connectivity index (χ0) is 20.0. The van der Waals surface area contributed by atoms with Crippen LogP contribution < -0.4 is 0 Å². The average molecular weight is 382 g/mol. The van der Waals surface area contributed by atoms with E-state index in [1.807, 2.05) is 13.8 Å². The summed E-state index contributed by atoms with van der Waals surface area (Å²) in [6.45, 7) is 4.00. The Morgan fingerprint density at radius 3 is 2.31 bits per heavy atom. The predicted molar refractivity (Wildman–Crippen MR) is 125 cm³/mol. The third-order valence-corrected chi connectivity index (χ3v) is 7.34. The van der Waals surface area contributed by atoms with Crippen LogP contribution in [0, 0.1) is 0 Å². The molecule has 2 aliphatic rings. The van der Waals surface area contributed by atoms with Gasteiger partial charge in [-0.25, -0.2) is 0 Å². The maximum atomic E-state index is 2.50. The summed E-state index contributed by atoms with van der Waals surface area (Å²) in [6, 6.07) is 24.9. The van der Waals surface area contributed by atoms with Crippen molar-refractivity contribution in [2.75, 3.05) is 0 Å². The van der Waals surface area contributed by atoms with E-state index in [1.165, 1.54) is 59.3 Å². The molecule has 0 aliphatic heterocycles. The quantitative estimate of drug-likeness (QED) is 0.318. The lowest BCUT2D eigenvalue weighted by Crippen LogP contribution is -2.18. The topological polar surface area (TPSA) is 4.93 Å². The van der Waals surface area contributed by atoms with Crippen molar-refractivity contribution in [1.82, 2.24) is 4.57 Å². The van der Waals surface area contributed by atoms with E-state index in [9.17, 15) is 0 Å². The van der Waals surface area contributed by atoms with Crippen LogP contribution in [-0.4, -0.2) is 4.57 Å². The molecule has 29 heavy (non-hydrogen) atoms. The van der Waals surface area contributed by atoms with Crippen molar-refractivity contribution in [2.24, 2.45) is 7.05 Å². The molecule has 6 rings (SSSR count). The molecule has 1 aromatic heterocycles. The number of aromatic nitrogens is 1. The molecule has 0 radical (unpaired) electrons. The Morgan fingerprint density at radius 2 is 1.52 bits per heavy atom. The van der Waals surface area contributed by atoms with Crippen molar-refractivity contribution >= 4 is 21.7 Å². The third-order valence-electron chi connectivity index (χ3n) is 7.34. The van der Waals surface area contributed by atoms with Crippen LogP contribution in [0.25, 0.3) is 21.7 Å². The summed E-state index contributed by atoms with van der Waals surface area (Å²) in [7, 11) is 2.28. The lowest BCUT2D eigenvalue weighted by Gasteiger charge is -2.25. The standard InChI is InChI=1S/C26H25N.C2H6/c1-27-23-11-5-4-10-21(23)24-25(27)22(17-26(24)14-6-7-15-26)20-13-12-18-8-2-3-9-19(18)16-20;1-2/h2-5,8-13,16,22H,6-7,14-15,17H2,1H3;1-2H3. The number of aryl methyl sites for hydroxylation is 1. The highest BCUT2D eigenvalue weighted by molar-refractivity contribution is 5.89. The van der Waals surface area contributed by atoms with Gasteiger partial charge in [-0.3, -0.25) is 0 Å². The van der Waals surface area contributed by atoms with Gasteiger partial charge in [0.2, 0.25) is 0 Å². The van der Waals surface area contributed by atoms with Gasteiger partial charge in [0.15, 0.2) is 0 Å². The van der Waals surface area contributed by atoms with E-state index in [0.717, 1.165) is 0 Å². The molecule has 1 spiro atoms. The van der Waals surface area contributed by atoms with Gasteiger partial charge < -0.3 is 4.57 Å². The number of hydrogen-bond donors (Lipinski definition) is 0. The zero-order valence-corrected chi connectivity index (χ0v) is 17.9. The zero-order valence-electron chi connectivity index (χ0n) is 17.9. The lowest BCUT2D eigenvalue weighted by atomic mass is 9.78.